The molecule has 0 spiro atoms. The lowest BCUT2D eigenvalue weighted by atomic mass is 9.92. The second-order valence-corrected chi connectivity index (χ2v) is 7.83. The quantitative estimate of drug-likeness (QED) is 0.631. The molecule has 8 heteroatoms. The van der Waals surface area contributed by atoms with Gasteiger partial charge in [0.2, 0.25) is 0 Å². The van der Waals surface area contributed by atoms with Gasteiger partial charge in [-0.1, -0.05) is 37.3 Å². The molecule has 31 heavy (non-hydrogen) atoms. The summed E-state index contributed by atoms with van der Waals surface area (Å²) < 4.78 is 28.0. The molecule has 2 amide bonds. The molecule has 1 aliphatic rings. The van der Waals surface area contributed by atoms with E-state index in [-0.39, 0.29) is 43.1 Å². The summed E-state index contributed by atoms with van der Waals surface area (Å²) in [7, 11) is 1.50. The van der Waals surface area contributed by atoms with E-state index in [4.69, 9.17) is 0 Å². The van der Waals surface area contributed by atoms with E-state index in [1.54, 1.807) is 6.07 Å². The molecule has 2 heterocycles. The molecule has 1 saturated heterocycles. The number of carbonyl (C=O) groups is 2. The molecule has 1 aliphatic heterocycles. The Balaban J connectivity index is 1.76. The summed E-state index contributed by atoms with van der Waals surface area (Å²) in [4.78, 5) is 29.4. The predicted octanol–water partition coefficient (Wildman–Crippen LogP) is 2.96. The topological polar surface area (TPSA) is 83.1 Å². The van der Waals surface area contributed by atoms with Crippen molar-refractivity contribution in [2.45, 2.75) is 31.6 Å². The number of piperidine rings is 1. The number of aromatic nitrogens is 1. The maximum Gasteiger partial charge on any atom is 0.269 e. The minimum Gasteiger partial charge on any atom is -0.354 e. The van der Waals surface area contributed by atoms with Crippen LogP contribution in [0.3, 0.4) is 0 Å². The molecule has 0 radical (unpaired) electrons. The minimum absolute atomic E-state index is 0.127. The van der Waals surface area contributed by atoms with Gasteiger partial charge < -0.3 is 16.0 Å². The predicted molar refractivity (Wildman–Crippen MR) is 114 cm³/mol. The average Bonchev–Trinajstić information content (AvgIpc) is 2.79. The fraction of sp³-hybridized carbons (Fsp3) is 0.435. The van der Waals surface area contributed by atoms with Crippen molar-refractivity contribution in [3.05, 3.63) is 65.0 Å². The zero-order valence-corrected chi connectivity index (χ0v) is 17.8. The Bertz CT molecular complexity index is 921. The lowest BCUT2D eigenvalue weighted by molar-refractivity contribution is -0.0801. The van der Waals surface area contributed by atoms with Gasteiger partial charge in [-0.2, -0.15) is 0 Å². The summed E-state index contributed by atoms with van der Waals surface area (Å²) in [5, 5.41) is 8.22. The number of amides is 2. The van der Waals surface area contributed by atoms with Gasteiger partial charge in [0.15, 0.2) is 0 Å². The van der Waals surface area contributed by atoms with Gasteiger partial charge >= 0.3 is 0 Å². The Kier molecular flexibility index (Phi) is 7.33. The maximum atomic E-state index is 14.0. The van der Waals surface area contributed by atoms with Crippen molar-refractivity contribution in [1.29, 1.82) is 0 Å². The van der Waals surface area contributed by atoms with E-state index < -0.39 is 23.7 Å². The first kappa shape index (κ1) is 22.8. The summed E-state index contributed by atoms with van der Waals surface area (Å²) in [6.07, 6.45) is -0.0153. The molecule has 166 valence electrons. The maximum absolute atomic E-state index is 14.0. The summed E-state index contributed by atoms with van der Waals surface area (Å²) >= 11 is 0. The van der Waals surface area contributed by atoms with Gasteiger partial charge in [0.25, 0.3) is 17.7 Å². The van der Waals surface area contributed by atoms with E-state index in [1.165, 1.54) is 13.1 Å². The molecule has 2 aromatic rings. The average molecular weight is 430 g/mol. The molecule has 0 saturated carbocycles. The van der Waals surface area contributed by atoms with Crippen LogP contribution in [-0.4, -0.2) is 49.4 Å². The van der Waals surface area contributed by atoms with Gasteiger partial charge in [0.1, 0.15) is 5.69 Å². The van der Waals surface area contributed by atoms with Crippen LogP contribution in [0.5, 0.6) is 0 Å². The Morgan fingerprint density at radius 3 is 2.65 bits per heavy atom. The van der Waals surface area contributed by atoms with Crippen molar-refractivity contribution < 1.29 is 18.4 Å². The zero-order chi connectivity index (χ0) is 22.4. The Morgan fingerprint density at radius 2 is 1.97 bits per heavy atom. The van der Waals surface area contributed by atoms with Crippen LogP contribution < -0.4 is 16.0 Å². The van der Waals surface area contributed by atoms with E-state index in [9.17, 15) is 18.4 Å². The highest BCUT2D eigenvalue weighted by Gasteiger charge is 2.40. The molecule has 2 unspecified atom stereocenters. The number of carbonyl (C=O) groups excluding carboxylic acids is 2. The Labute approximate surface area is 180 Å². The monoisotopic (exact) mass is 430 g/mol. The van der Waals surface area contributed by atoms with Crippen molar-refractivity contribution in [2.24, 2.45) is 5.92 Å². The third-order valence-corrected chi connectivity index (χ3v) is 5.71. The summed E-state index contributed by atoms with van der Waals surface area (Å²) in [5.74, 6) is -4.49. The standard InChI is InChI=1S/C23H28F2N4O2/c1-15(16-6-4-3-5-7-16)19-12-17(13-20(29-19)22(31)26-2)21(30)28-10-8-18-14-27-11-9-23(18,24)25/h3-7,12-13,15,18,27H,8-11,14H2,1-2H3,(H,26,31)(H,28,30). The minimum atomic E-state index is -2.72. The fourth-order valence-electron chi connectivity index (χ4n) is 3.72. The van der Waals surface area contributed by atoms with Crippen molar-refractivity contribution in [3.8, 4) is 0 Å². The number of halogens is 2. The Morgan fingerprint density at radius 1 is 1.23 bits per heavy atom. The van der Waals surface area contributed by atoms with E-state index in [2.05, 4.69) is 20.9 Å². The highest BCUT2D eigenvalue weighted by Crippen LogP contribution is 2.32. The number of pyridine rings is 1. The van der Waals surface area contributed by atoms with E-state index >= 15 is 0 Å². The highest BCUT2D eigenvalue weighted by molar-refractivity contribution is 5.98. The number of nitrogens with zero attached hydrogens (tertiary/aromatic N) is 1. The SMILES string of the molecule is CNC(=O)c1cc(C(=O)NCCC2CNCCC2(F)F)cc(C(C)c2ccccc2)n1. The molecular formula is C23H28F2N4O2. The smallest absolute Gasteiger partial charge is 0.269 e. The largest absolute Gasteiger partial charge is 0.354 e. The van der Waals surface area contributed by atoms with Gasteiger partial charge in [-0.3, -0.25) is 9.59 Å². The summed E-state index contributed by atoms with van der Waals surface area (Å²) in [6, 6.07) is 12.7. The zero-order valence-electron chi connectivity index (χ0n) is 17.8. The van der Waals surface area contributed by atoms with Crippen molar-refractivity contribution in [1.82, 2.24) is 20.9 Å². The van der Waals surface area contributed by atoms with Crippen LogP contribution in [0.15, 0.2) is 42.5 Å². The molecule has 3 N–H and O–H groups in total. The van der Waals surface area contributed by atoms with Gasteiger partial charge in [0, 0.05) is 56.2 Å². The molecular weight excluding hydrogens is 402 g/mol. The van der Waals surface area contributed by atoms with E-state index in [0.29, 0.717) is 12.2 Å². The number of hydrogen-bond acceptors (Lipinski definition) is 4. The molecule has 3 rings (SSSR count). The van der Waals surface area contributed by atoms with Crippen LogP contribution in [0, 0.1) is 5.92 Å². The number of benzene rings is 1. The van der Waals surface area contributed by atoms with Crippen LogP contribution in [-0.2, 0) is 0 Å². The third kappa shape index (κ3) is 5.64. The molecule has 1 fully saturated rings. The first-order valence-corrected chi connectivity index (χ1v) is 10.5. The van der Waals surface area contributed by atoms with Crippen LogP contribution in [0.25, 0.3) is 0 Å². The summed E-state index contributed by atoms with van der Waals surface area (Å²) in [5.41, 5.74) is 2.00. The van der Waals surface area contributed by atoms with Crippen LogP contribution >= 0.6 is 0 Å². The van der Waals surface area contributed by atoms with Crippen molar-refractivity contribution in [3.63, 3.8) is 0 Å². The van der Waals surface area contributed by atoms with E-state index in [1.807, 2.05) is 37.3 Å². The molecule has 6 nitrogen and oxygen atoms in total. The van der Waals surface area contributed by atoms with E-state index in [0.717, 1.165) is 5.56 Å². The van der Waals surface area contributed by atoms with Gasteiger partial charge in [-0.25, -0.2) is 13.8 Å². The fourth-order valence-corrected chi connectivity index (χ4v) is 3.72. The van der Waals surface area contributed by atoms with Crippen LogP contribution in [0.4, 0.5) is 8.78 Å². The molecule has 2 atom stereocenters. The van der Waals surface area contributed by atoms with Gasteiger partial charge in [-0.05, 0) is 24.1 Å². The Hall–Kier alpha value is -2.87. The first-order chi connectivity index (χ1) is 14.8. The highest BCUT2D eigenvalue weighted by atomic mass is 19.3. The van der Waals surface area contributed by atoms with Crippen molar-refractivity contribution >= 4 is 11.8 Å². The lowest BCUT2D eigenvalue weighted by Crippen LogP contribution is -2.45. The summed E-state index contributed by atoms with van der Waals surface area (Å²) in [6.45, 7) is 2.61. The molecule has 1 aromatic carbocycles. The number of nitrogens with one attached hydrogen (secondary N) is 3. The van der Waals surface area contributed by atoms with Gasteiger partial charge in [-0.15, -0.1) is 0 Å². The first-order valence-electron chi connectivity index (χ1n) is 10.5. The molecule has 0 bridgehead atoms. The number of rotatable bonds is 7. The lowest BCUT2D eigenvalue weighted by Gasteiger charge is -2.31. The normalized spacial score (nSPS) is 18.8. The second kappa shape index (κ2) is 9.96. The van der Waals surface area contributed by atoms with Crippen LogP contribution in [0.1, 0.15) is 57.8 Å². The van der Waals surface area contributed by atoms with Crippen molar-refractivity contribution in [2.75, 3.05) is 26.7 Å². The second-order valence-electron chi connectivity index (χ2n) is 7.83. The number of alkyl halides is 2. The number of hydrogen-bond donors (Lipinski definition) is 3. The third-order valence-electron chi connectivity index (χ3n) is 5.71. The van der Waals surface area contributed by atoms with Crippen LogP contribution in [0.2, 0.25) is 0 Å². The molecule has 1 aromatic heterocycles. The van der Waals surface area contributed by atoms with Gasteiger partial charge in [0.05, 0.1) is 0 Å². The molecule has 0 aliphatic carbocycles.